The van der Waals surface area contributed by atoms with Crippen molar-refractivity contribution < 1.29 is 14.7 Å². The van der Waals surface area contributed by atoms with Crippen LogP contribution in [0.4, 0.5) is 4.79 Å². The SMILES string of the molecule is CC(C)(C)C[C@H](NC(N)=O)C(=O)O. The second-order valence-electron chi connectivity index (χ2n) is 4.16. The van der Waals surface area contributed by atoms with Crippen LogP contribution in [-0.4, -0.2) is 23.1 Å². The molecule has 5 nitrogen and oxygen atoms in total. The zero-order valence-corrected chi connectivity index (χ0v) is 8.13. The van der Waals surface area contributed by atoms with Crippen LogP contribution in [0.3, 0.4) is 0 Å². The van der Waals surface area contributed by atoms with Gasteiger partial charge in [-0.05, 0) is 11.8 Å². The number of hydrogen-bond acceptors (Lipinski definition) is 2. The van der Waals surface area contributed by atoms with Crippen molar-refractivity contribution in [2.24, 2.45) is 11.1 Å². The maximum atomic E-state index is 10.6. The van der Waals surface area contributed by atoms with Crippen molar-refractivity contribution in [3.63, 3.8) is 0 Å². The molecule has 4 N–H and O–H groups in total. The molecule has 1 atom stereocenters. The van der Waals surface area contributed by atoms with Gasteiger partial charge in [-0.2, -0.15) is 0 Å². The summed E-state index contributed by atoms with van der Waals surface area (Å²) >= 11 is 0. The summed E-state index contributed by atoms with van der Waals surface area (Å²) in [6.45, 7) is 5.68. The molecule has 0 aliphatic heterocycles. The third kappa shape index (κ3) is 5.95. The van der Waals surface area contributed by atoms with E-state index in [0.29, 0.717) is 6.42 Å². The molecule has 0 saturated carbocycles. The Morgan fingerprint density at radius 3 is 2.15 bits per heavy atom. The van der Waals surface area contributed by atoms with Gasteiger partial charge in [0.2, 0.25) is 0 Å². The van der Waals surface area contributed by atoms with E-state index in [0.717, 1.165) is 0 Å². The van der Waals surface area contributed by atoms with Gasteiger partial charge in [-0.3, -0.25) is 0 Å². The molecule has 5 heteroatoms. The van der Waals surface area contributed by atoms with Gasteiger partial charge in [-0.1, -0.05) is 20.8 Å². The van der Waals surface area contributed by atoms with Crippen LogP contribution in [0.25, 0.3) is 0 Å². The lowest BCUT2D eigenvalue weighted by atomic mass is 9.88. The summed E-state index contributed by atoms with van der Waals surface area (Å²) in [7, 11) is 0. The number of rotatable bonds is 3. The molecule has 0 rings (SSSR count). The highest BCUT2D eigenvalue weighted by atomic mass is 16.4. The summed E-state index contributed by atoms with van der Waals surface area (Å²) in [5.41, 5.74) is 4.68. The largest absolute Gasteiger partial charge is 0.480 e. The van der Waals surface area contributed by atoms with E-state index in [2.05, 4.69) is 5.32 Å². The molecule has 0 fully saturated rings. The van der Waals surface area contributed by atoms with Gasteiger partial charge in [-0.25, -0.2) is 9.59 Å². The number of primary amides is 1. The van der Waals surface area contributed by atoms with Crippen LogP contribution in [0.5, 0.6) is 0 Å². The maximum Gasteiger partial charge on any atom is 0.326 e. The van der Waals surface area contributed by atoms with Gasteiger partial charge in [0.05, 0.1) is 0 Å². The number of urea groups is 1. The normalized spacial score (nSPS) is 13.5. The summed E-state index contributed by atoms with van der Waals surface area (Å²) in [5.74, 6) is -1.06. The van der Waals surface area contributed by atoms with Crippen LogP contribution in [-0.2, 0) is 4.79 Å². The van der Waals surface area contributed by atoms with E-state index in [1.54, 1.807) is 0 Å². The topological polar surface area (TPSA) is 92.4 Å². The van der Waals surface area contributed by atoms with E-state index in [1.165, 1.54) is 0 Å². The van der Waals surface area contributed by atoms with E-state index >= 15 is 0 Å². The quantitative estimate of drug-likeness (QED) is 0.603. The number of aliphatic carboxylic acids is 1. The smallest absolute Gasteiger partial charge is 0.326 e. The predicted octanol–water partition coefficient (Wildman–Crippen LogP) is 0.544. The van der Waals surface area contributed by atoms with E-state index in [9.17, 15) is 9.59 Å². The molecule has 0 aliphatic carbocycles. The molecule has 0 aromatic carbocycles. The number of carbonyl (C=O) groups is 2. The fourth-order valence-corrected chi connectivity index (χ4v) is 0.984. The molecular formula is C8H16N2O3. The Morgan fingerprint density at radius 2 is 1.92 bits per heavy atom. The molecule has 0 unspecified atom stereocenters. The lowest BCUT2D eigenvalue weighted by Gasteiger charge is -2.23. The fourth-order valence-electron chi connectivity index (χ4n) is 0.984. The maximum absolute atomic E-state index is 10.6. The highest BCUT2D eigenvalue weighted by Gasteiger charge is 2.25. The number of carbonyl (C=O) groups excluding carboxylic acids is 1. The van der Waals surface area contributed by atoms with Crippen LogP contribution in [0.15, 0.2) is 0 Å². The molecular weight excluding hydrogens is 172 g/mol. The van der Waals surface area contributed by atoms with E-state index in [1.807, 2.05) is 20.8 Å². The van der Waals surface area contributed by atoms with Gasteiger partial charge in [0.15, 0.2) is 0 Å². The first kappa shape index (κ1) is 11.7. The molecule has 0 aromatic rings. The average molecular weight is 188 g/mol. The summed E-state index contributed by atoms with van der Waals surface area (Å²) in [4.78, 5) is 21.1. The van der Waals surface area contributed by atoms with Gasteiger partial charge in [-0.15, -0.1) is 0 Å². The number of hydrogen-bond donors (Lipinski definition) is 3. The Bertz CT molecular complexity index is 208. The van der Waals surface area contributed by atoms with Crippen LogP contribution < -0.4 is 11.1 Å². The third-order valence-corrected chi connectivity index (χ3v) is 1.43. The van der Waals surface area contributed by atoms with Crippen molar-refractivity contribution in [1.29, 1.82) is 0 Å². The van der Waals surface area contributed by atoms with Crippen molar-refractivity contribution in [2.75, 3.05) is 0 Å². The second-order valence-corrected chi connectivity index (χ2v) is 4.16. The number of amides is 2. The minimum atomic E-state index is -1.06. The molecule has 0 radical (unpaired) electrons. The minimum Gasteiger partial charge on any atom is -0.480 e. The summed E-state index contributed by atoms with van der Waals surface area (Å²) in [6.07, 6.45) is 0.352. The Balaban J connectivity index is 4.27. The number of carboxylic acids is 1. The van der Waals surface area contributed by atoms with Gasteiger partial charge < -0.3 is 16.2 Å². The first-order valence-corrected chi connectivity index (χ1v) is 4.01. The van der Waals surface area contributed by atoms with Crippen LogP contribution >= 0.6 is 0 Å². The number of nitrogens with one attached hydrogen (secondary N) is 1. The molecule has 0 bridgehead atoms. The Morgan fingerprint density at radius 1 is 1.46 bits per heavy atom. The van der Waals surface area contributed by atoms with E-state index < -0.39 is 18.0 Å². The summed E-state index contributed by atoms with van der Waals surface area (Å²) < 4.78 is 0. The van der Waals surface area contributed by atoms with E-state index in [4.69, 9.17) is 10.8 Å². The third-order valence-electron chi connectivity index (χ3n) is 1.43. The van der Waals surface area contributed by atoms with Crippen LogP contribution in [0.1, 0.15) is 27.2 Å². The Kier molecular flexibility index (Phi) is 3.71. The van der Waals surface area contributed by atoms with Crippen molar-refractivity contribution in [2.45, 2.75) is 33.2 Å². The second kappa shape index (κ2) is 4.11. The van der Waals surface area contributed by atoms with Crippen molar-refractivity contribution in [1.82, 2.24) is 5.32 Å². The monoisotopic (exact) mass is 188 g/mol. The lowest BCUT2D eigenvalue weighted by molar-refractivity contribution is -0.140. The first-order valence-electron chi connectivity index (χ1n) is 4.01. The molecule has 0 heterocycles. The standard InChI is InChI=1S/C8H16N2O3/c1-8(2,3)4-5(6(11)12)10-7(9)13/h5H,4H2,1-3H3,(H,11,12)(H3,9,10,13)/t5-/m0/s1. The van der Waals surface area contributed by atoms with Gasteiger partial charge in [0.25, 0.3) is 0 Å². The Hall–Kier alpha value is -1.26. The zero-order valence-electron chi connectivity index (χ0n) is 8.13. The molecule has 0 aliphatic rings. The highest BCUT2D eigenvalue weighted by molar-refractivity contribution is 5.81. The lowest BCUT2D eigenvalue weighted by Crippen LogP contribution is -2.45. The van der Waals surface area contributed by atoms with Gasteiger partial charge in [0, 0.05) is 0 Å². The fraction of sp³-hybridized carbons (Fsp3) is 0.750. The molecule has 13 heavy (non-hydrogen) atoms. The Labute approximate surface area is 77.3 Å². The average Bonchev–Trinajstić information content (AvgIpc) is 1.81. The number of carboxylic acid groups (broad SMARTS) is 1. The molecule has 76 valence electrons. The van der Waals surface area contributed by atoms with Gasteiger partial charge >= 0.3 is 12.0 Å². The van der Waals surface area contributed by atoms with Crippen molar-refractivity contribution in [3.05, 3.63) is 0 Å². The van der Waals surface area contributed by atoms with Crippen LogP contribution in [0, 0.1) is 5.41 Å². The summed E-state index contributed by atoms with van der Waals surface area (Å²) in [6, 6.07) is -1.71. The molecule has 0 aromatic heterocycles. The zero-order chi connectivity index (χ0) is 10.6. The summed E-state index contributed by atoms with van der Waals surface area (Å²) in [5, 5.41) is 10.9. The van der Waals surface area contributed by atoms with Gasteiger partial charge in [0.1, 0.15) is 6.04 Å². The van der Waals surface area contributed by atoms with Crippen molar-refractivity contribution in [3.8, 4) is 0 Å². The number of nitrogens with two attached hydrogens (primary N) is 1. The molecule has 0 saturated heterocycles. The first-order chi connectivity index (χ1) is 5.72. The minimum absolute atomic E-state index is 0.161. The van der Waals surface area contributed by atoms with Crippen LogP contribution in [0.2, 0.25) is 0 Å². The molecule has 2 amide bonds. The predicted molar refractivity (Wildman–Crippen MR) is 48.2 cm³/mol. The molecule has 0 spiro atoms. The highest BCUT2D eigenvalue weighted by Crippen LogP contribution is 2.20. The van der Waals surface area contributed by atoms with Crippen molar-refractivity contribution >= 4 is 12.0 Å². The van der Waals surface area contributed by atoms with E-state index in [-0.39, 0.29) is 5.41 Å².